The highest BCUT2D eigenvalue weighted by Crippen LogP contribution is 2.20. The van der Waals surface area contributed by atoms with Crippen LogP contribution in [0.4, 0.5) is 0 Å². The molecular formula is C17H29NO. The van der Waals surface area contributed by atoms with Crippen molar-refractivity contribution in [3.8, 4) is 0 Å². The molecule has 108 valence electrons. The summed E-state index contributed by atoms with van der Waals surface area (Å²) >= 11 is 0. The van der Waals surface area contributed by atoms with Crippen LogP contribution in [-0.2, 0) is 0 Å². The van der Waals surface area contributed by atoms with E-state index in [1.807, 2.05) is 0 Å². The van der Waals surface area contributed by atoms with E-state index in [0.29, 0.717) is 0 Å². The van der Waals surface area contributed by atoms with E-state index in [4.69, 9.17) is 0 Å². The van der Waals surface area contributed by atoms with Crippen LogP contribution in [0.25, 0.3) is 0 Å². The first-order valence-electron chi connectivity index (χ1n) is 7.56. The lowest BCUT2D eigenvalue weighted by molar-refractivity contribution is 0.141. The quantitative estimate of drug-likeness (QED) is 0.770. The molecule has 0 amide bonds. The highest BCUT2D eigenvalue weighted by atomic mass is 16.3. The van der Waals surface area contributed by atoms with E-state index >= 15 is 0 Å². The highest BCUT2D eigenvalue weighted by molar-refractivity contribution is 5.31. The maximum Gasteiger partial charge on any atom is 0.0802 e. The number of nitrogens with zero attached hydrogens (tertiary/aromatic N) is 1. The van der Waals surface area contributed by atoms with E-state index in [1.165, 1.54) is 24.0 Å². The first-order chi connectivity index (χ1) is 9.08. The second-order valence-electron chi connectivity index (χ2n) is 5.49. The fourth-order valence-electron chi connectivity index (χ4n) is 2.41. The minimum absolute atomic E-state index is 0.337. The zero-order valence-electron chi connectivity index (χ0n) is 12.9. The Bertz CT molecular complexity index is 370. The van der Waals surface area contributed by atoms with Crippen molar-refractivity contribution in [2.45, 2.75) is 53.1 Å². The third-order valence-corrected chi connectivity index (χ3v) is 3.71. The average Bonchev–Trinajstić information content (AvgIpc) is 2.39. The van der Waals surface area contributed by atoms with Gasteiger partial charge in [-0.2, -0.15) is 0 Å². The first kappa shape index (κ1) is 16.2. The summed E-state index contributed by atoms with van der Waals surface area (Å²) in [6.07, 6.45) is 2.85. The largest absolute Gasteiger partial charge is 0.388 e. The van der Waals surface area contributed by atoms with Crippen molar-refractivity contribution in [2.75, 3.05) is 19.6 Å². The maximum absolute atomic E-state index is 10.3. The Morgan fingerprint density at radius 2 is 1.63 bits per heavy atom. The molecule has 0 bridgehead atoms. The van der Waals surface area contributed by atoms with Crippen LogP contribution in [0, 0.1) is 13.8 Å². The van der Waals surface area contributed by atoms with Crippen molar-refractivity contribution in [2.24, 2.45) is 0 Å². The Labute approximate surface area is 118 Å². The standard InChI is InChI=1S/C17H29NO/c1-5-10-18(11-6-2)12-9-17(19)16-8-7-14(3)15(4)13-16/h7-8,13,17,19H,5-6,9-12H2,1-4H3. The van der Waals surface area contributed by atoms with Gasteiger partial charge in [-0.25, -0.2) is 0 Å². The van der Waals surface area contributed by atoms with Crippen molar-refractivity contribution in [1.82, 2.24) is 4.90 Å². The zero-order valence-corrected chi connectivity index (χ0v) is 12.9. The number of hydrogen-bond donors (Lipinski definition) is 1. The number of aliphatic hydroxyl groups excluding tert-OH is 1. The minimum Gasteiger partial charge on any atom is -0.388 e. The molecule has 0 saturated carbocycles. The third kappa shape index (κ3) is 5.33. The van der Waals surface area contributed by atoms with Crippen molar-refractivity contribution < 1.29 is 5.11 Å². The molecule has 0 saturated heterocycles. The summed E-state index contributed by atoms with van der Waals surface area (Å²) in [7, 11) is 0. The Balaban J connectivity index is 2.53. The van der Waals surface area contributed by atoms with Crippen LogP contribution in [0.1, 0.15) is 55.9 Å². The van der Waals surface area contributed by atoms with E-state index in [-0.39, 0.29) is 6.10 Å². The molecule has 0 aromatic heterocycles. The van der Waals surface area contributed by atoms with Gasteiger partial charge in [0.2, 0.25) is 0 Å². The molecule has 2 nitrogen and oxygen atoms in total. The molecule has 0 spiro atoms. The number of rotatable bonds is 8. The molecule has 1 aromatic rings. The topological polar surface area (TPSA) is 23.5 Å². The van der Waals surface area contributed by atoms with Crippen LogP contribution < -0.4 is 0 Å². The summed E-state index contributed by atoms with van der Waals surface area (Å²) in [5, 5.41) is 10.3. The van der Waals surface area contributed by atoms with E-state index in [2.05, 4.69) is 50.8 Å². The predicted molar refractivity (Wildman–Crippen MR) is 82.5 cm³/mol. The Morgan fingerprint density at radius 3 is 2.16 bits per heavy atom. The summed E-state index contributed by atoms with van der Waals surface area (Å²) in [5.41, 5.74) is 3.60. The molecule has 0 aliphatic carbocycles. The predicted octanol–water partition coefficient (Wildman–Crippen LogP) is 3.85. The molecule has 0 radical (unpaired) electrons. The van der Waals surface area contributed by atoms with Crippen molar-refractivity contribution in [3.05, 3.63) is 34.9 Å². The average molecular weight is 263 g/mol. The lowest BCUT2D eigenvalue weighted by atomic mass is 10.0. The summed E-state index contributed by atoms with van der Waals surface area (Å²) in [6.45, 7) is 11.9. The van der Waals surface area contributed by atoms with Crippen LogP contribution in [0.15, 0.2) is 18.2 Å². The molecule has 1 atom stereocenters. The number of aryl methyl sites for hydroxylation is 2. The van der Waals surface area contributed by atoms with Gasteiger partial charge in [-0.3, -0.25) is 0 Å². The van der Waals surface area contributed by atoms with Gasteiger partial charge in [0.25, 0.3) is 0 Å². The molecular weight excluding hydrogens is 234 g/mol. The lowest BCUT2D eigenvalue weighted by Crippen LogP contribution is -2.27. The van der Waals surface area contributed by atoms with Gasteiger partial charge in [-0.1, -0.05) is 32.0 Å². The van der Waals surface area contributed by atoms with E-state index in [1.54, 1.807) is 0 Å². The zero-order chi connectivity index (χ0) is 14.3. The van der Waals surface area contributed by atoms with Crippen molar-refractivity contribution >= 4 is 0 Å². The van der Waals surface area contributed by atoms with Gasteiger partial charge >= 0.3 is 0 Å². The molecule has 2 heteroatoms. The second-order valence-corrected chi connectivity index (χ2v) is 5.49. The Morgan fingerprint density at radius 1 is 1.00 bits per heavy atom. The molecule has 19 heavy (non-hydrogen) atoms. The van der Waals surface area contributed by atoms with E-state index < -0.39 is 0 Å². The van der Waals surface area contributed by atoms with Gasteiger partial charge in [-0.05, 0) is 62.9 Å². The maximum atomic E-state index is 10.3. The van der Waals surface area contributed by atoms with Gasteiger partial charge in [0.05, 0.1) is 6.10 Å². The van der Waals surface area contributed by atoms with Crippen LogP contribution in [0.2, 0.25) is 0 Å². The fourth-order valence-corrected chi connectivity index (χ4v) is 2.41. The van der Waals surface area contributed by atoms with Crippen molar-refractivity contribution in [1.29, 1.82) is 0 Å². The Hall–Kier alpha value is -0.860. The molecule has 0 fully saturated rings. The monoisotopic (exact) mass is 263 g/mol. The van der Waals surface area contributed by atoms with Gasteiger partial charge in [0.15, 0.2) is 0 Å². The summed E-state index contributed by atoms with van der Waals surface area (Å²) in [5.74, 6) is 0. The number of aliphatic hydroxyl groups is 1. The molecule has 1 unspecified atom stereocenters. The van der Waals surface area contributed by atoms with E-state index in [0.717, 1.165) is 31.6 Å². The summed E-state index contributed by atoms with van der Waals surface area (Å²) < 4.78 is 0. The molecule has 0 aliphatic heterocycles. The lowest BCUT2D eigenvalue weighted by Gasteiger charge is -2.22. The summed E-state index contributed by atoms with van der Waals surface area (Å²) in [6, 6.07) is 6.27. The molecule has 1 rings (SSSR count). The van der Waals surface area contributed by atoms with Gasteiger partial charge < -0.3 is 10.0 Å². The molecule has 0 heterocycles. The normalized spacial score (nSPS) is 12.9. The first-order valence-corrected chi connectivity index (χ1v) is 7.56. The van der Waals surface area contributed by atoms with Crippen molar-refractivity contribution in [3.63, 3.8) is 0 Å². The highest BCUT2D eigenvalue weighted by Gasteiger charge is 2.11. The van der Waals surface area contributed by atoms with Gasteiger partial charge in [-0.15, -0.1) is 0 Å². The molecule has 1 N–H and O–H groups in total. The molecule has 1 aromatic carbocycles. The summed E-state index contributed by atoms with van der Waals surface area (Å²) in [4.78, 5) is 2.45. The van der Waals surface area contributed by atoms with Crippen LogP contribution >= 0.6 is 0 Å². The molecule has 0 aliphatic rings. The number of benzene rings is 1. The Kier molecular flexibility index (Phi) is 7.11. The minimum atomic E-state index is -0.337. The third-order valence-electron chi connectivity index (χ3n) is 3.71. The smallest absolute Gasteiger partial charge is 0.0802 e. The SMILES string of the molecule is CCCN(CCC)CCC(O)c1ccc(C)c(C)c1. The van der Waals surface area contributed by atoms with Gasteiger partial charge in [0.1, 0.15) is 0 Å². The fraction of sp³-hybridized carbons (Fsp3) is 0.647. The van der Waals surface area contributed by atoms with Crippen LogP contribution in [0.3, 0.4) is 0 Å². The second kappa shape index (κ2) is 8.34. The van der Waals surface area contributed by atoms with Crippen LogP contribution in [-0.4, -0.2) is 29.6 Å². The van der Waals surface area contributed by atoms with E-state index in [9.17, 15) is 5.11 Å². The van der Waals surface area contributed by atoms with Gasteiger partial charge in [0, 0.05) is 6.54 Å². The van der Waals surface area contributed by atoms with Crippen LogP contribution in [0.5, 0.6) is 0 Å². The number of hydrogen-bond acceptors (Lipinski definition) is 2.